The summed E-state index contributed by atoms with van der Waals surface area (Å²) in [5, 5.41) is 3.51. The molecule has 2 aromatic rings. The molecule has 0 aromatic heterocycles. The number of amides is 1. The third kappa shape index (κ3) is 2.63. The van der Waals surface area contributed by atoms with Crippen LogP contribution in [0.5, 0.6) is 11.5 Å². The second-order valence-electron chi connectivity index (χ2n) is 5.81. The van der Waals surface area contributed by atoms with Gasteiger partial charge in [0.05, 0.1) is 11.1 Å². The zero-order valence-electron chi connectivity index (χ0n) is 12.5. The number of nitrogens with one attached hydrogen (secondary N) is 1. The van der Waals surface area contributed by atoms with Gasteiger partial charge in [-0.25, -0.2) is 0 Å². The van der Waals surface area contributed by atoms with E-state index >= 15 is 0 Å². The maximum absolute atomic E-state index is 12.6. The van der Waals surface area contributed by atoms with Crippen molar-refractivity contribution >= 4 is 17.5 Å². The first-order chi connectivity index (χ1) is 11.2. The van der Waals surface area contributed by atoms with Gasteiger partial charge >= 0.3 is 0 Å². The zero-order valence-corrected chi connectivity index (χ0v) is 13.2. The molecule has 23 heavy (non-hydrogen) atoms. The summed E-state index contributed by atoms with van der Waals surface area (Å²) in [6.45, 7) is 0.135. The van der Waals surface area contributed by atoms with Crippen LogP contribution in [0.4, 0.5) is 0 Å². The summed E-state index contributed by atoms with van der Waals surface area (Å²) < 4.78 is 10.6. The van der Waals surface area contributed by atoms with Crippen LogP contribution in [0.25, 0.3) is 0 Å². The molecule has 1 atom stereocenters. The molecule has 4 nitrogen and oxygen atoms in total. The average Bonchev–Trinajstić information content (AvgIpc) is 3.04. The molecule has 118 valence electrons. The predicted molar refractivity (Wildman–Crippen MR) is 87.2 cm³/mol. The van der Waals surface area contributed by atoms with Gasteiger partial charge in [0.15, 0.2) is 11.5 Å². The summed E-state index contributed by atoms with van der Waals surface area (Å²) in [6, 6.07) is 11.6. The molecule has 0 spiro atoms. The van der Waals surface area contributed by atoms with E-state index in [1.165, 1.54) is 11.1 Å². The lowest BCUT2D eigenvalue weighted by molar-refractivity contribution is 0.0932. The van der Waals surface area contributed by atoms with Crippen LogP contribution in [0, 0.1) is 0 Å². The third-order valence-corrected chi connectivity index (χ3v) is 4.64. The third-order valence-electron chi connectivity index (χ3n) is 4.36. The first kappa shape index (κ1) is 14.4. The number of fused-ring (bicyclic) bond motifs is 2. The molecule has 1 N–H and O–H groups in total. The minimum atomic E-state index is -0.146. The van der Waals surface area contributed by atoms with Gasteiger partial charge in [0.1, 0.15) is 0 Å². The van der Waals surface area contributed by atoms with E-state index in [0.29, 0.717) is 22.1 Å². The van der Waals surface area contributed by atoms with Crippen molar-refractivity contribution in [3.8, 4) is 11.5 Å². The highest BCUT2D eigenvalue weighted by atomic mass is 35.5. The Bertz CT molecular complexity index is 775. The fraction of sp³-hybridized carbons (Fsp3) is 0.278. The van der Waals surface area contributed by atoms with Crippen LogP contribution in [0.1, 0.15) is 40.4 Å². The number of benzene rings is 2. The van der Waals surface area contributed by atoms with Crippen molar-refractivity contribution in [1.82, 2.24) is 5.32 Å². The molecule has 2 aromatic carbocycles. The number of hydrogen-bond acceptors (Lipinski definition) is 3. The minimum Gasteiger partial charge on any atom is -0.454 e. The van der Waals surface area contributed by atoms with Crippen molar-refractivity contribution in [1.29, 1.82) is 0 Å². The number of halogens is 1. The molecule has 0 saturated carbocycles. The van der Waals surface area contributed by atoms with Gasteiger partial charge in [0, 0.05) is 5.56 Å². The van der Waals surface area contributed by atoms with Gasteiger partial charge in [0.2, 0.25) is 6.79 Å². The SMILES string of the molecule is O=C(N[C@@H]1CCCc2ccccc21)c1cc(Cl)c2c(c1)OCO2. The average molecular weight is 330 g/mol. The van der Waals surface area contributed by atoms with Crippen LogP contribution in [-0.4, -0.2) is 12.7 Å². The first-order valence-corrected chi connectivity index (χ1v) is 8.08. The van der Waals surface area contributed by atoms with Crippen molar-refractivity contribution in [2.45, 2.75) is 25.3 Å². The maximum atomic E-state index is 12.6. The molecule has 2 aliphatic rings. The molecule has 1 heterocycles. The number of carbonyl (C=O) groups is 1. The van der Waals surface area contributed by atoms with E-state index in [4.69, 9.17) is 21.1 Å². The second-order valence-corrected chi connectivity index (χ2v) is 6.22. The Hall–Kier alpha value is -2.20. The van der Waals surface area contributed by atoms with Gasteiger partial charge in [0.25, 0.3) is 5.91 Å². The van der Waals surface area contributed by atoms with Crippen LogP contribution in [-0.2, 0) is 6.42 Å². The number of carbonyl (C=O) groups excluding carboxylic acids is 1. The van der Waals surface area contributed by atoms with Crippen LogP contribution in [0.2, 0.25) is 5.02 Å². The Kier molecular flexibility index (Phi) is 3.62. The Morgan fingerprint density at radius 3 is 3.00 bits per heavy atom. The highest BCUT2D eigenvalue weighted by Gasteiger charge is 2.24. The van der Waals surface area contributed by atoms with Gasteiger partial charge in [-0.05, 0) is 42.5 Å². The van der Waals surface area contributed by atoms with E-state index < -0.39 is 0 Å². The van der Waals surface area contributed by atoms with Crippen LogP contribution in [0.15, 0.2) is 36.4 Å². The normalized spacial score (nSPS) is 18.4. The quantitative estimate of drug-likeness (QED) is 0.909. The Morgan fingerprint density at radius 1 is 1.22 bits per heavy atom. The monoisotopic (exact) mass is 329 g/mol. The Morgan fingerprint density at radius 2 is 2.09 bits per heavy atom. The second kappa shape index (κ2) is 5.78. The fourth-order valence-corrected chi connectivity index (χ4v) is 3.51. The van der Waals surface area contributed by atoms with Crippen molar-refractivity contribution in [2.75, 3.05) is 6.79 Å². The highest BCUT2D eigenvalue weighted by molar-refractivity contribution is 6.32. The van der Waals surface area contributed by atoms with Crippen molar-refractivity contribution < 1.29 is 14.3 Å². The summed E-state index contributed by atoms with van der Waals surface area (Å²) >= 11 is 6.16. The predicted octanol–water partition coefficient (Wildman–Crippen LogP) is 3.88. The molecule has 5 heteroatoms. The highest BCUT2D eigenvalue weighted by Crippen LogP contribution is 2.40. The minimum absolute atomic E-state index is 0.0386. The molecule has 1 amide bonds. The van der Waals surface area contributed by atoms with E-state index in [1.54, 1.807) is 12.1 Å². The van der Waals surface area contributed by atoms with Gasteiger partial charge in [-0.3, -0.25) is 4.79 Å². The van der Waals surface area contributed by atoms with E-state index in [-0.39, 0.29) is 18.7 Å². The van der Waals surface area contributed by atoms with Gasteiger partial charge in [-0.1, -0.05) is 35.9 Å². The molecule has 0 unspecified atom stereocenters. The number of aryl methyl sites for hydroxylation is 1. The van der Waals surface area contributed by atoms with Crippen LogP contribution >= 0.6 is 11.6 Å². The smallest absolute Gasteiger partial charge is 0.251 e. The largest absolute Gasteiger partial charge is 0.454 e. The molecule has 4 rings (SSSR count). The van der Waals surface area contributed by atoms with Crippen molar-refractivity contribution in [2.24, 2.45) is 0 Å². The molecule has 0 saturated heterocycles. The Labute approximate surface area is 139 Å². The molecule has 1 aliphatic heterocycles. The van der Waals surface area contributed by atoms with Crippen molar-refractivity contribution in [3.63, 3.8) is 0 Å². The summed E-state index contributed by atoms with van der Waals surface area (Å²) in [6.07, 6.45) is 3.09. The summed E-state index contributed by atoms with van der Waals surface area (Å²) in [4.78, 5) is 12.6. The lowest BCUT2D eigenvalue weighted by Crippen LogP contribution is -2.30. The molecule has 1 aliphatic carbocycles. The van der Waals surface area contributed by atoms with Gasteiger partial charge in [-0.2, -0.15) is 0 Å². The maximum Gasteiger partial charge on any atom is 0.251 e. The van der Waals surface area contributed by atoms with Crippen LogP contribution in [0.3, 0.4) is 0 Å². The van der Waals surface area contributed by atoms with Gasteiger partial charge < -0.3 is 14.8 Å². The van der Waals surface area contributed by atoms with E-state index in [1.807, 2.05) is 12.1 Å². The fourth-order valence-electron chi connectivity index (χ4n) is 3.24. The summed E-state index contributed by atoms with van der Waals surface area (Å²) in [5.74, 6) is 0.879. The number of ether oxygens (including phenoxy) is 2. The molecular formula is C18H16ClNO3. The molecular weight excluding hydrogens is 314 g/mol. The topological polar surface area (TPSA) is 47.6 Å². The molecule has 0 radical (unpaired) electrons. The lowest BCUT2D eigenvalue weighted by atomic mass is 9.87. The summed E-state index contributed by atoms with van der Waals surface area (Å²) in [5.41, 5.74) is 3.01. The molecule has 0 fully saturated rings. The summed E-state index contributed by atoms with van der Waals surface area (Å²) in [7, 11) is 0. The Balaban J connectivity index is 1.59. The number of hydrogen-bond donors (Lipinski definition) is 1. The van der Waals surface area contributed by atoms with Crippen molar-refractivity contribution in [3.05, 3.63) is 58.1 Å². The molecule has 0 bridgehead atoms. The van der Waals surface area contributed by atoms with Crippen LogP contribution < -0.4 is 14.8 Å². The lowest BCUT2D eigenvalue weighted by Gasteiger charge is -2.26. The van der Waals surface area contributed by atoms with E-state index in [2.05, 4.69) is 17.4 Å². The standard InChI is InChI=1S/C18H16ClNO3/c19-14-8-12(9-16-17(14)23-10-22-16)18(21)20-15-7-3-5-11-4-1-2-6-13(11)15/h1-2,4,6,8-9,15H,3,5,7,10H2,(H,20,21)/t15-/m1/s1. The van der Waals surface area contributed by atoms with Gasteiger partial charge in [-0.15, -0.1) is 0 Å². The van der Waals surface area contributed by atoms with E-state index in [9.17, 15) is 4.79 Å². The van der Waals surface area contributed by atoms with E-state index in [0.717, 1.165) is 19.3 Å². The first-order valence-electron chi connectivity index (χ1n) is 7.70. The zero-order chi connectivity index (χ0) is 15.8. The number of rotatable bonds is 2.